The molecule has 0 spiro atoms. The van der Waals surface area contributed by atoms with Gasteiger partial charge in [0.05, 0.1) is 0 Å². The Morgan fingerprint density at radius 3 is 0.896 bits per heavy atom. The minimum atomic E-state index is 0.117. The molecule has 96 heavy (non-hydrogen) atoms. The van der Waals surface area contributed by atoms with Gasteiger partial charge in [-0.2, -0.15) is 0 Å². The van der Waals surface area contributed by atoms with E-state index in [1.54, 1.807) is 5.56 Å². The summed E-state index contributed by atoms with van der Waals surface area (Å²) in [6.45, 7) is 0. The molecule has 8 aliphatic carbocycles. The second-order valence-corrected chi connectivity index (χ2v) is 29.4. The first-order chi connectivity index (χ1) is 47.4. The first kappa shape index (κ1) is 58.4. The molecule has 0 aromatic heterocycles. The summed E-state index contributed by atoms with van der Waals surface area (Å²) in [4.78, 5) is 9.76. The maximum Gasteiger partial charge on any atom is 0.0470 e. The van der Waals surface area contributed by atoms with Crippen LogP contribution in [0.25, 0.3) is 22.3 Å². The van der Waals surface area contributed by atoms with E-state index in [4.69, 9.17) is 0 Å². The fraction of sp³-hybridized carbons (Fsp3) is 0.217. The first-order valence-corrected chi connectivity index (χ1v) is 35.6. The molecule has 470 valence electrons. The van der Waals surface area contributed by atoms with Crippen molar-refractivity contribution in [2.75, 3.05) is 19.6 Å². The predicted molar refractivity (Wildman–Crippen MR) is 400 cm³/mol. The van der Waals surface area contributed by atoms with Crippen LogP contribution in [-0.2, 0) is 10.8 Å². The van der Waals surface area contributed by atoms with E-state index in [0.29, 0.717) is 23.2 Å². The average Bonchev–Trinajstić information content (AvgIpc) is 0.716. The molecule has 8 saturated carbocycles. The summed E-state index contributed by atoms with van der Waals surface area (Å²) in [7, 11) is 0. The van der Waals surface area contributed by atoms with Crippen molar-refractivity contribution >= 4 is 68.2 Å². The molecule has 8 bridgehead atoms. The molecule has 12 aromatic rings. The monoisotopic (exact) mass is 1240 g/mol. The SMILES string of the molecule is c1ccc(N(c2ccccc2)c2ccc(-c3ccc(N(c4ccccc4)c4cccc(C56CC7CC(C5)C(c5cc(-c8ccc(N(c9ccccc9)c9ccccc9)cc8)cc(N(c8ccccc8)c8ccc(C9%10CC%11CC(CC(C%11)C9)C%10)cc8)c5)C(C7)C6)c4)cc3)cc2)cc1. The van der Waals surface area contributed by atoms with Crippen LogP contribution in [0.5, 0.6) is 0 Å². The quantitative estimate of drug-likeness (QED) is 0.0901. The molecule has 8 aliphatic rings. The number of benzene rings is 12. The minimum absolute atomic E-state index is 0.117. The maximum absolute atomic E-state index is 2.63. The molecule has 0 aliphatic heterocycles. The lowest BCUT2D eigenvalue weighted by Gasteiger charge is -2.60. The zero-order valence-corrected chi connectivity index (χ0v) is 54.7. The summed E-state index contributed by atoms with van der Waals surface area (Å²) in [5.41, 5.74) is 24.0. The second kappa shape index (κ2) is 24.6. The van der Waals surface area contributed by atoms with E-state index >= 15 is 0 Å². The van der Waals surface area contributed by atoms with E-state index in [-0.39, 0.29) is 5.41 Å². The molecule has 0 radical (unpaired) electrons. The third-order valence-corrected chi connectivity index (χ3v) is 23.5. The van der Waals surface area contributed by atoms with Gasteiger partial charge in [-0.05, 0) is 307 Å². The van der Waals surface area contributed by atoms with Gasteiger partial charge in [0.25, 0.3) is 0 Å². The fourth-order valence-corrected chi connectivity index (χ4v) is 20.1. The molecule has 4 heteroatoms. The van der Waals surface area contributed by atoms with Gasteiger partial charge < -0.3 is 19.6 Å². The summed E-state index contributed by atoms with van der Waals surface area (Å²) >= 11 is 0. The van der Waals surface area contributed by atoms with Gasteiger partial charge in [-0.1, -0.05) is 176 Å². The van der Waals surface area contributed by atoms with Crippen molar-refractivity contribution in [1.29, 1.82) is 0 Å². The summed E-state index contributed by atoms with van der Waals surface area (Å²) in [6, 6.07) is 120. The Labute approximate surface area is 567 Å². The zero-order chi connectivity index (χ0) is 63.6. The highest BCUT2D eigenvalue weighted by molar-refractivity contribution is 5.85. The molecular weight excluding hydrogens is 1160 g/mol. The van der Waals surface area contributed by atoms with Gasteiger partial charge in [0.15, 0.2) is 0 Å². The van der Waals surface area contributed by atoms with Crippen LogP contribution >= 0.6 is 0 Å². The van der Waals surface area contributed by atoms with Gasteiger partial charge in [-0.15, -0.1) is 0 Å². The smallest absolute Gasteiger partial charge is 0.0470 e. The van der Waals surface area contributed by atoms with Gasteiger partial charge in [-0.25, -0.2) is 0 Å². The van der Waals surface area contributed by atoms with Crippen molar-refractivity contribution in [3.63, 3.8) is 0 Å². The molecule has 0 heterocycles. The van der Waals surface area contributed by atoms with Crippen molar-refractivity contribution in [1.82, 2.24) is 0 Å². The summed E-state index contributed by atoms with van der Waals surface area (Å²) < 4.78 is 0. The highest BCUT2D eigenvalue weighted by Gasteiger charge is 2.56. The highest BCUT2D eigenvalue weighted by atomic mass is 15.2. The fourth-order valence-electron chi connectivity index (χ4n) is 20.1. The maximum atomic E-state index is 2.63. The van der Waals surface area contributed by atoms with Crippen molar-refractivity contribution in [2.45, 2.75) is 87.4 Å². The van der Waals surface area contributed by atoms with Crippen LogP contribution in [-0.4, -0.2) is 0 Å². The lowest BCUT2D eigenvalue weighted by molar-refractivity contribution is -0.0255. The van der Waals surface area contributed by atoms with Gasteiger partial charge >= 0.3 is 0 Å². The lowest BCUT2D eigenvalue weighted by Crippen LogP contribution is -2.52. The Morgan fingerprint density at radius 1 is 0.208 bits per heavy atom. The van der Waals surface area contributed by atoms with Crippen molar-refractivity contribution in [3.05, 3.63) is 338 Å². The Hall–Kier alpha value is -10.2. The average molecular weight is 1240 g/mol. The number of anilines is 12. The third kappa shape index (κ3) is 10.9. The Balaban J connectivity index is 0.681. The molecule has 20 rings (SSSR count). The number of para-hydroxylation sites is 6. The zero-order valence-electron chi connectivity index (χ0n) is 54.7. The van der Waals surface area contributed by atoms with E-state index in [1.807, 2.05) is 0 Å². The van der Waals surface area contributed by atoms with Crippen LogP contribution < -0.4 is 19.6 Å². The standard InChI is InChI=1S/C92H82N4/c1-7-21-78(22-8-1)93(79-23-9-2-10-24-79)84-42-34-69(35-43-84)70-36-44-86(45-37-70)95(82-29-15-5-16-30-82)88-33-19-20-77(58-88)92-62-68-53-74(63-92)90(75(54-68)64-92)73-55-72(71-38-46-85(47-39-71)94(80-25-11-3-12-26-80)81-27-13-4-14-28-81)56-89(57-73)96(83-31-17-6-18-32-83)87-48-40-76(41-49-87)91-59-65-50-66(60-91)52-67(51-65)61-91/h1-49,55-58,65-68,74-75,90H,50-54,59-64H2. The minimum Gasteiger partial charge on any atom is -0.311 e. The Bertz CT molecular complexity index is 4520. The van der Waals surface area contributed by atoms with E-state index in [0.717, 1.165) is 69.2 Å². The van der Waals surface area contributed by atoms with E-state index in [1.165, 1.54) is 127 Å². The van der Waals surface area contributed by atoms with Crippen LogP contribution in [0.3, 0.4) is 0 Å². The first-order valence-electron chi connectivity index (χ1n) is 35.6. The van der Waals surface area contributed by atoms with Gasteiger partial charge in [0, 0.05) is 68.2 Å². The van der Waals surface area contributed by atoms with Crippen LogP contribution in [0.2, 0.25) is 0 Å². The molecule has 4 nitrogen and oxygen atoms in total. The molecule has 0 amide bonds. The van der Waals surface area contributed by atoms with E-state index in [2.05, 4.69) is 341 Å². The van der Waals surface area contributed by atoms with Crippen molar-refractivity contribution in [3.8, 4) is 22.3 Å². The number of hydrogen-bond acceptors (Lipinski definition) is 4. The van der Waals surface area contributed by atoms with Crippen LogP contribution in [0.1, 0.15) is 93.2 Å². The van der Waals surface area contributed by atoms with E-state index < -0.39 is 0 Å². The molecule has 0 saturated heterocycles. The molecule has 0 N–H and O–H groups in total. The molecule has 2 atom stereocenters. The van der Waals surface area contributed by atoms with E-state index in [9.17, 15) is 0 Å². The molecular formula is C92H82N4. The number of nitrogens with zero attached hydrogens (tertiary/aromatic N) is 4. The van der Waals surface area contributed by atoms with Gasteiger partial charge in [0.2, 0.25) is 0 Å². The summed E-state index contributed by atoms with van der Waals surface area (Å²) in [5.74, 6) is 5.06. The third-order valence-electron chi connectivity index (χ3n) is 23.5. The van der Waals surface area contributed by atoms with Crippen molar-refractivity contribution in [2.24, 2.45) is 35.5 Å². The number of rotatable bonds is 17. The van der Waals surface area contributed by atoms with Gasteiger partial charge in [0.1, 0.15) is 0 Å². The normalized spacial score (nSPS) is 23.4. The van der Waals surface area contributed by atoms with Gasteiger partial charge in [-0.3, -0.25) is 0 Å². The highest BCUT2D eigenvalue weighted by Crippen LogP contribution is 2.66. The Morgan fingerprint density at radius 2 is 0.510 bits per heavy atom. The van der Waals surface area contributed by atoms with Crippen LogP contribution in [0.15, 0.2) is 322 Å². The molecule has 12 aromatic carbocycles. The largest absolute Gasteiger partial charge is 0.311 e. The summed E-state index contributed by atoms with van der Waals surface area (Å²) in [5, 5.41) is 0. The van der Waals surface area contributed by atoms with Crippen LogP contribution in [0, 0.1) is 35.5 Å². The Kier molecular flexibility index (Phi) is 14.9. The molecule has 8 fully saturated rings. The molecule has 2 unspecified atom stereocenters. The lowest BCUT2D eigenvalue weighted by atomic mass is 9.44. The van der Waals surface area contributed by atoms with Crippen molar-refractivity contribution < 1.29 is 0 Å². The van der Waals surface area contributed by atoms with Crippen LogP contribution in [0.4, 0.5) is 68.2 Å². The second-order valence-electron chi connectivity index (χ2n) is 29.4. The predicted octanol–water partition coefficient (Wildman–Crippen LogP) is 25.2. The summed E-state index contributed by atoms with van der Waals surface area (Å²) in [6.07, 6.45) is 14.8. The number of hydrogen-bond donors (Lipinski definition) is 0. The topological polar surface area (TPSA) is 13.0 Å².